The maximum atomic E-state index is 11.9. The van der Waals surface area contributed by atoms with Gasteiger partial charge in [-0.05, 0) is 37.1 Å². The smallest absolute Gasteiger partial charge is 0.260 e. The lowest BCUT2D eigenvalue weighted by molar-refractivity contribution is -0.127. The van der Waals surface area contributed by atoms with Gasteiger partial charge < -0.3 is 10.1 Å². The molecule has 23 heavy (non-hydrogen) atoms. The Hall–Kier alpha value is -1.86. The minimum Gasteiger partial charge on any atom is -0.481 e. The Morgan fingerprint density at radius 1 is 1.26 bits per heavy atom. The molecule has 0 bridgehead atoms. The van der Waals surface area contributed by atoms with E-state index >= 15 is 0 Å². The fourth-order valence-electron chi connectivity index (χ4n) is 1.66. The topological polar surface area (TPSA) is 84.5 Å². The molecule has 0 aliphatic carbocycles. The molecule has 2 N–H and O–H groups in total. The first-order chi connectivity index (χ1) is 10.8. The second kappa shape index (κ2) is 8.69. The van der Waals surface area contributed by atoms with Gasteiger partial charge in [-0.25, -0.2) is 13.1 Å². The number of hydrogen-bond acceptors (Lipinski definition) is 4. The molecule has 0 radical (unpaired) electrons. The minimum atomic E-state index is -3.56. The molecule has 0 unspecified atom stereocenters. The minimum absolute atomic E-state index is 0.128. The number of benzene rings is 1. The number of amides is 1. The summed E-state index contributed by atoms with van der Waals surface area (Å²) in [6, 6.07) is 5.91. The van der Waals surface area contributed by atoms with Crippen LogP contribution in [-0.4, -0.2) is 33.5 Å². The second-order valence-corrected chi connectivity index (χ2v) is 7.28. The van der Waals surface area contributed by atoms with Crippen LogP contribution in [0.1, 0.15) is 20.8 Å². The number of rotatable bonds is 9. The normalized spacial score (nSPS) is 12.7. The van der Waals surface area contributed by atoms with E-state index in [4.69, 9.17) is 4.74 Å². The molecule has 1 atom stereocenters. The average Bonchev–Trinajstić information content (AvgIpc) is 2.51. The molecule has 1 amide bonds. The van der Waals surface area contributed by atoms with E-state index in [1.54, 1.807) is 6.92 Å². The first-order valence-electron chi connectivity index (χ1n) is 7.41. The molecule has 0 fully saturated rings. The van der Waals surface area contributed by atoms with Crippen LogP contribution in [0.5, 0.6) is 5.75 Å². The molecule has 0 aliphatic heterocycles. The Morgan fingerprint density at radius 2 is 1.87 bits per heavy atom. The molecular weight excluding hydrogens is 316 g/mol. The highest BCUT2D eigenvalue weighted by molar-refractivity contribution is 7.89. The summed E-state index contributed by atoms with van der Waals surface area (Å²) in [5.74, 6) is 0.585. The van der Waals surface area contributed by atoms with Crippen LogP contribution in [0.2, 0.25) is 0 Å². The molecule has 0 heterocycles. The van der Waals surface area contributed by atoms with E-state index in [2.05, 4.69) is 16.6 Å². The van der Waals surface area contributed by atoms with Gasteiger partial charge in [0.05, 0.1) is 4.90 Å². The number of hydrogen-bond donors (Lipinski definition) is 2. The van der Waals surface area contributed by atoms with E-state index in [0.717, 1.165) is 0 Å². The predicted octanol–water partition coefficient (Wildman–Crippen LogP) is 1.69. The molecule has 1 aromatic rings. The third-order valence-corrected chi connectivity index (χ3v) is 4.36. The zero-order valence-electron chi connectivity index (χ0n) is 13.7. The van der Waals surface area contributed by atoms with Gasteiger partial charge in [0.2, 0.25) is 10.0 Å². The molecule has 0 aromatic heterocycles. The van der Waals surface area contributed by atoms with E-state index in [1.807, 2.05) is 13.8 Å². The summed E-state index contributed by atoms with van der Waals surface area (Å²) >= 11 is 0. The largest absolute Gasteiger partial charge is 0.481 e. The molecule has 0 spiro atoms. The Kier molecular flexibility index (Phi) is 7.25. The van der Waals surface area contributed by atoms with Crippen LogP contribution in [0.25, 0.3) is 0 Å². The maximum Gasteiger partial charge on any atom is 0.260 e. The fourth-order valence-corrected chi connectivity index (χ4v) is 2.65. The van der Waals surface area contributed by atoms with Crippen molar-refractivity contribution in [3.05, 3.63) is 36.9 Å². The molecule has 0 saturated carbocycles. The second-order valence-electron chi connectivity index (χ2n) is 5.51. The molecule has 128 valence electrons. The highest BCUT2D eigenvalue weighted by Crippen LogP contribution is 2.17. The van der Waals surface area contributed by atoms with Crippen LogP contribution >= 0.6 is 0 Å². The predicted molar refractivity (Wildman–Crippen MR) is 89.8 cm³/mol. The summed E-state index contributed by atoms with van der Waals surface area (Å²) in [6.07, 6.45) is 0.807. The van der Waals surface area contributed by atoms with E-state index in [9.17, 15) is 13.2 Å². The van der Waals surface area contributed by atoms with Crippen LogP contribution in [0, 0.1) is 5.92 Å². The van der Waals surface area contributed by atoms with Gasteiger partial charge in [0, 0.05) is 13.1 Å². The average molecular weight is 340 g/mol. The van der Waals surface area contributed by atoms with Crippen LogP contribution in [0.4, 0.5) is 0 Å². The van der Waals surface area contributed by atoms with Gasteiger partial charge in [0.25, 0.3) is 5.91 Å². The van der Waals surface area contributed by atoms with Crippen molar-refractivity contribution in [2.24, 2.45) is 5.92 Å². The molecule has 0 saturated heterocycles. The van der Waals surface area contributed by atoms with Crippen molar-refractivity contribution in [1.29, 1.82) is 0 Å². The zero-order chi connectivity index (χ0) is 17.5. The van der Waals surface area contributed by atoms with Crippen LogP contribution < -0.4 is 14.8 Å². The van der Waals surface area contributed by atoms with Gasteiger partial charge in [-0.15, -0.1) is 6.58 Å². The van der Waals surface area contributed by atoms with Crippen molar-refractivity contribution in [3.8, 4) is 5.75 Å². The highest BCUT2D eigenvalue weighted by Gasteiger charge is 2.16. The Balaban J connectivity index is 2.66. The van der Waals surface area contributed by atoms with E-state index in [1.165, 1.54) is 30.3 Å². The fraction of sp³-hybridized carbons (Fsp3) is 0.438. The third kappa shape index (κ3) is 6.42. The highest BCUT2D eigenvalue weighted by atomic mass is 32.2. The van der Waals surface area contributed by atoms with Crippen molar-refractivity contribution in [1.82, 2.24) is 10.0 Å². The van der Waals surface area contributed by atoms with E-state index in [0.29, 0.717) is 18.2 Å². The summed E-state index contributed by atoms with van der Waals surface area (Å²) in [5.41, 5.74) is 0. The van der Waals surface area contributed by atoms with Crippen LogP contribution in [0.15, 0.2) is 41.8 Å². The monoisotopic (exact) mass is 340 g/mol. The lowest BCUT2D eigenvalue weighted by atomic mass is 10.2. The number of carbonyl (C=O) groups is 1. The number of ether oxygens (including phenoxy) is 1. The van der Waals surface area contributed by atoms with Crippen molar-refractivity contribution in [2.45, 2.75) is 31.8 Å². The lowest BCUT2D eigenvalue weighted by Crippen LogP contribution is -2.38. The Labute approximate surface area is 138 Å². The van der Waals surface area contributed by atoms with Crippen molar-refractivity contribution >= 4 is 15.9 Å². The van der Waals surface area contributed by atoms with Gasteiger partial charge in [0.15, 0.2) is 6.10 Å². The number of carbonyl (C=O) groups excluding carboxylic acids is 1. The molecule has 6 nitrogen and oxygen atoms in total. The van der Waals surface area contributed by atoms with Crippen LogP contribution in [0.3, 0.4) is 0 Å². The first kappa shape index (κ1) is 19.2. The van der Waals surface area contributed by atoms with E-state index < -0.39 is 16.1 Å². The number of sulfonamides is 1. The van der Waals surface area contributed by atoms with Gasteiger partial charge in [-0.2, -0.15) is 0 Å². The SMILES string of the molecule is C=CCNS(=O)(=O)c1ccc(O[C@H](C)C(=O)NCC(C)C)cc1. The van der Waals surface area contributed by atoms with Gasteiger partial charge >= 0.3 is 0 Å². The molecule has 1 aromatic carbocycles. The maximum absolute atomic E-state index is 11.9. The Morgan fingerprint density at radius 3 is 2.39 bits per heavy atom. The summed E-state index contributed by atoms with van der Waals surface area (Å²) in [6.45, 7) is 9.86. The Bertz CT molecular complexity index is 624. The summed E-state index contributed by atoms with van der Waals surface area (Å²) in [7, 11) is -3.56. The van der Waals surface area contributed by atoms with Crippen molar-refractivity contribution in [3.63, 3.8) is 0 Å². The molecule has 7 heteroatoms. The zero-order valence-corrected chi connectivity index (χ0v) is 14.5. The number of nitrogens with one attached hydrogen (secondary N) is 2. The van der Waals surface area contributed by atoms with Gasteiger partial charge in [0.1, 0.15) is 5.75 Å². The third-order valence-electron chi connectivity index (χ3n) is 2.92. The van der Waals surface area contributed by atoms with Gasteiger partial charge in [-0.1, -0.05) is 19.9 Å². The molecule has 0 aliphatic rings. The van der Waals surface area contributed by atoms with E-state index in [-0.39, 0.29) is 17.3 Å². The summed E-state index contributed by atoms with van der Waals surface area (Å²) < 4.78 is 31.7. The molecule has 1 rings (SSSR count). The molecular formula is C16H24N2O4S. The quantitative estimate of drug-likeness (QED) is 0.670. The first-order valence-corrected chi connectivity index (χ1v) is 8.89. The lowest BCUT2D eigenvalue weighted by Gasteiger charge is -2.16. The summed E-state index contributed by atoms with van der Waals surface area (Å²) in [4.78, 5) is 12.0. The standard InChI is InChI=1S/C16H24N2O4S/c1-5-10-18-23(20,21)15-8-6-14(7-9-15)22-13(4)16(19)17-11-12(2)3/h5-9,12-13,18H,1,10-11H2,2-4H3,(H,17,19)/t13-/m1/s1. The van der Waals surface area contributed by atoms with Crippen LogP contribution in [-0.2, 0) is 14.8 Å². The van der Waals surface area contributed by atoms with Gasteiger partial charge in [-0.3, -0.25) is 4.79 Å². The van der Waals surface area contributed by atoms with Crippen molar-refractivity contribution in [2.75, 3.05) is 13.1 Å². The summed E-state index contributed by atoms with van der Waals surface area (Å²) in [5, 5.41) is 2.78. The van der Waals surface area contributed by atoms with Crippen molar-refractivity contribution < 1.29 is 17.9 Å².